The first-order valence-electron chi connectivity index (χ1n) is 11.8. The molecule has 3 N–H and O–H groups in total. The Kier molecular flexibility index (Phi) is 7.99. The van der Waals surface area contributed by atoms with Crippen LogP contribution in [0.15, 0.2) is 46.8 Å². The Morgan fingerprint density at radius 2 is 1.76 bits per heavy atom. The van der Waals surface area contributed by atoms with Gasteiger partial charge in [0.2, 0.25) is 0 Å². The lowest BCUT2D eigenvalue weighted by atomic mass is 9.65. The van der Waals surface area contributed by atoms with Crippen LogP contribution in [0.5, 0.6) is 0 Å². The van der Waals surface area contributed by atoms with Crippen molar-refractivity contribution >= 4 is 62.5 Å². The van der Waals surface area contributed by atoms with E-state index in [1.54, 1.807) is 24.3 Å². The number of halogens is 3. The van der Waals surface area contributed by atoms with Gasteiger partial charge < -0.3 is 20.5 Å². The van der Waals surface area contributed by atoms with E-state index in [2.05, 4.69) is 31.5 Å². The second-order valence-electron chi connectivity index (χ2n) is 9.57. The number of ether oxygens (including phenoxy) is 1. The summed E-state index contributed by atoms with van der Waals surface area (Å²) in [5.74, 6) is -1.84. The molecule has 1 aromatic heterocycles. The average Bonchev–Trinajstić information content (AvgIpc) is 2.87. The predicted octanol–water partition coefficient (Wildman–Crippen LogP) is 5.24. The van der Waals surface area contributed by atoms with Gasteiger partial charge in [-0.25, -0.2) is 4.79 Å². The maximum atomic E-state index is 12.8. The first kappa shape index (κ1) is 27.6. The number of aliphatic carboxylic acids is 1. The van der Waals surface area contributed by atoms with E-state index in [1.165, 1.54) is 12.4 Å². The van der Waals surface area contributed by atoms with Crippen molar-refractivity contribution in [2.24, 2.45) is 11.3 Å². The monoisotopic (exact) mass is 609 g/mol. The maximum Gasteiger partial charge on any atom is 0.329 e. The number of hydrogen-bond acceptors (Lipinski definition) is 6. The predicted molar refractivity (Wildman–Crippen MR) is 144 cm³/mol. The molecule has 1 aliphatic carbocycles. The number of hydrogen-bond donors (Lipinski definition) is 3. The number of nitrogens with one attached hydrogen (secondary N) is 2. The highest BCUT2D eigenvalue weighted by Gasteiger charge is 2.57. The number of carboxylic acids is 1. The van der Waals surface area contributed by atoms with E-state index in [0.717, 1.165) is 5.56 Å². The lowest BCUT2D eigenvalue weighted by molar-refractivity contribution is -0.148. The van der Waals surface area contributed by atoms with Crippen LogP contribution in [0, 0.1) is 11.3 Å². The highest BCUT2D eigenvalue weighted by atomic mass is 79.9. The van der Waals surface area contributed by atoms with Gasteiger partial charge in [0.15, 0.2) is 5.78 Å². The van der Waals surface area contributed by atoms with Crippen molar-refractivity contribution in [2.75, 3.05) is 18.5 Å². The van der Waals surface area contributed by atoms with Gasteiger partial charge in [-0.1, -0.05) is 49.2 Å². The van der Waals surface area contributed by atoms with Crippen LogP contribution in [0.3, 0.4) is 0 Å². The molecule has 1 fully saturated rings. The van der Waals surface area contributed by atoms with E-state index >= 15 is 0 Å². The first-order valence-corrected chi connectivity index (χ1v) is 13.3. The van der Waals surface area contributed by atoms with Gasteiger partial charge in [0.25, 0.3) is 5.91 Å². The van der Waals surface area contributed by atoms with Crippen LogP contribution in [0.25, 0.3) is 0 Å². The molecule has 2 aromatic rings. The number of allylic oxidation sites excluding steroid dienone is 2. The van der Waals surface area contributed by atoms with E-state index in [0.29, 0.717) is 41.9 Å². The van der Waals surface area contributed by atoms with E-state index in [9.17, 15) is 19.5 Å². The number of carbonyl (C=O) groups is 3. The zero-order chi connectivity index (χ0) is 27.0. The number of aromatic nitrogens is 1. The number of pyridine rings is 1. The van der Waals surface area contributed by atoms with Crippen LogP contribution < -0.4 is 10.6 Å². The number of amides is 1. The molecule has 2 aliphatic rings. The Morgan fingerprint density at radius 3 is 2.30 bits per heavy atom. The molecule has 1 spiro atoms. The second kappa shape index (κ2) is 10.7. The summed E-state index contributed by atoms with van der Waals surface area (Å²) in [5.41, 5.74) is -0.129. The minimum Gasteiger partial charge on any atom is -0.479 e. The number of rotatable bonds is 8. The van der Waals surface area contributed by atoms with E-state index in [4.69, 9.17) is 27.9 Å². The van der Waals surface area contributed by atoms with E-state index in [1.807, 2.05) is 13.8 Å². The molecule has 1 aliphatic heterocycles. The van der Waals surface area contributed by atoms with Gasteiger partial charge in [-0.05, 0) is 52.4 Å². The van der Waals surface area contributed by atoms with Gasteiger partial charge in [0.05, 0.1) is 25.5 Å². The third-order valence-electron chi connectivity index (χ3n) is 7.17. The molecule has 0 saturated carbocycles. The molecule has 1 amide bonds. The number of Topliss-reactive ketones (excluding diaryl/α,β-unsaturated/α-hetero) is 1. The Balaban J connectivity index is 1.57. The zero-order valence-electron chi connectivity index (χ0n) is 20.2. The molecule has 0 radical (unpaired) electrons. The van der Waals surface area contributed by atoms with Gasteiger partial charge in [-0.15, -0.1) is 0 Å². The van der Waals surface area contributed by atoms with Crippen molar-refractivity contribution in [1.82, 2.24) is 10.3 Å². The molecule has 0 bridgehead atoms. The third-order valence-corrected chi connectivity index (χ3v) is 8.50. The Hall–Kier alpha value is -2.46. The Labute approximate surface area is 232 Å². The van der Waals surface area contributed by atoms with Crippen LogP contribution >= 0.6 is 39.1 Å². The summed E-state index contributed by atoms with van der Waals surface area (Å²) >= 11 is 15.5. The zero-order valence-corrected chi connectivity index (χ0v) is 23.3. The highest BCUT2D eigenvalue weighted by Crippen LogP contribution is 2.52. The van der Waals surface area contributed by atoms with E-state index < -0.39 is 22.8 Å². The standard InChI is InChI=1S/C26H26BrCl2N3O5/c1-14(2)26(24(35)36,32-21-20(27)22(33)25(21)7-9-37-10-8-25)11-15-3-5-16(6-4-15)31-23(34)19-17(28)12-30-13-18(19)29/h3-6,12-14,32H,7-11H2,1-2H3,(H,31,34)(H,35,36)/t26-/m0/s1. The van der Waals surface area contributed by atoms with Crippen LogP contribution in [-0.4, -0.2) is 46.5 Å². The number of carboxylic acid groups (broad SMARTS) is 1. The molecule has 37 heavy (non-hydrogen) atoms. The quantitative estimate of drug-likeness (QED) is 0.374. The summed E-state index contributed by atoms with van der Waals surface area (Å²) in [5, 5.41) is 16.7. The number of carbonyl (C=O) groups excluding carboxylic acids is 2. The highest BCUT2D eigenvalue weighted by molar-refractivity contribution is 9.12. The molecule has 11 heteroatoms. The van der Waals surface area contributed by atoms with Crippen molar-refractivity contribution < 1.29 is 24.2 Å². The molecule has 4 rings (SSSR count). The summed E-state index contributed by atoms with van der Waals surface area (Å²) in [4.78, 5) is 42.1. The molecular weight excluding hydrogens is 585 g/mol. The van der Waals surface area contributed by atoms with Crippen molar-refractivity contribution in [2.45, 2.75) is 38.6 Å². The van der Waals surface area contributed by atoms with Crippen LogP contribution in [-0.2, 0) is 20.7 Å². The molecule has 196 valence electrons. The van der Waals surface area contributed by atoms with Crippen molar-refractivity contribution in [3.05, 3.63) is 68.0 Å². The molecular formula is C26H26BrCl2N3O5. The normalized spacial score (nSPS) is 18.4. The number of ketones is 1. The molecule has 1 aromatic carbocycles. The maximum absolute atomic E-state index is 12.8. The van der Waals surface area contributed by atoms with Crippen LogP contribution in [0.1, 0.15) is 42.6 Å². The smallest absolute Gasteiger partial charge is 0.329 e. The van der Waals surface area contributed by atoms with Crippen LogP contribution in [0.4, 0.5) is 5.69 Å². The van der Waals surface area contributed by atoms with Gasteiger partial charge >= 0.3 is 5.97 Å². The van der Waals surface area contributed by atoms with Crippen molar-refractivity contribution in [3.63, 3.8) is 0 Å². The summed E-state index contributed by atoms with van der Waals surface area (Å²) in [7, 11) is 0. The minimum atomic E-state index is -1.37. The topological polar surface area (TPSA) is 118 Å². The average molecular weight is 611 g/mol. The number of benzene rings is 1. The van der Waals surface area contributed by atoms with Gasteiger partial charge in [-0.2, -0.15) is 0 Å². The lowest BCUT2D eigenvalue weighted by Gasteiger charge is -2.49. The summed E-state index contributed by atoms with van der Waals surface area (Å²) in [6.07, 6.45) is 3.85. The fraction of sp³-hybridized carbons (Fsp3) is 0.385. The van der Waals surface area contributed by atoms with Crippen molar-refractivity contribution in [1.29, 1.82) is 0 Å². The Bertz CT molecular complexity index is 1260. The molecule has 1 atom stereocenters. The van der Waals surface area contributed by atoms with Gasteiger partial charge in [-0.3, -0.25) is 14.6 Å². The molecule has 0 unspecified atom stereocenters. The van der Waals surface area contributed by atoms with Gasteiger partial charge in [0, 0.05) is 43.4 Å². The Morgan fingerprint density at radius 1 is 1.16 bits per heavy atom. The molecule has 2 heterocycles. The lowest BCUT2D eigenvalue weighted by Crippen LogP contribution is -2.63. The first-order chi connectivity index (χ1) is 17.5. The summed E-state index contributed by atoms with van der Waals surface area (Å²) in [6, 6.07) is 6.88. The van der Waals surface area contributed by atoms with Gasteiger partial charge in [0.1, 0.15) is 5.54 Å². The largest absolute Gasteiger partial charge is 0.479 e. The minimum absolute atomic E-state index is 0.0177. The number of nitrogens with zero attached hydrogens (tertiary/aromatic N) is 1. The van der Waals surface area contributed by atoms with Crippen molar-refractivity contribution in [3.8, 4) is 0 Å². The summed E-state index contributed by atoms with van der Waals surface area (Å²) < 4.78 is 5.85. The molecule has 8 nitrogen and oxygen atoms in total. The molecule has 1 saturated heterocycles. The summed E-state index contributed by atoms with van der Waals surface area (Å²) in [6.45, 7) is 4.57. The van der Waals surface area contributed by atoms with Crippen LogP contribution in [0.2, 0.25) is 10.0 Å². The fourth-order valence-corrected chi connectivity index (χ4v) is 6.19. The van der Waals surface area contributed by atoms with E-state index in [-0.39, 0.29) is 33.7 Å². The number of anilines is 1. The third kappa shape index (κ3) is 5.02. The fourth-order valence-electron chi connectivity index (χ4n) is 4.80. The SMILES string of the molecule is CC(C)[C@](Cc1ccc(NC(=O)c2c(Cl)cncc2Cl)cc1)(NC1=C(Br)C(=O)C12CCOCC2)C(=O)O. The second-order valence-corrected chi connectivity index (χ2v) is 11.2.